The molecule has 2 aliphatic carbocycles. The van der Waals surface area contributed by atoms with Crippen LogP contribution < -0.4 is 0 Å². The Balaban J connectivity index is 2.13. The third-order valence-corrected chi connectivity index (χ3v) is 4.09. The molecule has 2 unspecified atom stereocenters. The molecule has 2 atom stereocenters. The van der Waals surface area contributed by atoms with Gasteiger partial charge in [-0.3, -0.25) is 0 Å². The van der Waals surface area contributed by atoms with Crippen molar-refractivity contribution in [3.63, 3.8) is 0 Å². The summed E-state index contributed by atoms with van der Waals surface area (Å²) in [6.07, 6.45) is 3.39. The normalized spacial score (nSPS) is 45.5. The molecule has 0 aromatic rings. The molecule has 0 spiro atoms. The molecule has 0 aromatic heterocycles. The van der Waals surface area contributed by atoms with Crippen molar-refractivity contribution >= 4 is 23.2 Å². The molecule has 0 saturated heterocycles. The SMILES string of the molecule is CCOC12CCCC1C2(Cl)Cl. The highest BCUT2D eigenvalue weighted by Crippen LogP contribution is 2.71. The molecule has 0 amide bonds. The lowest BCUT2D eigenvalue weighted by molar-refractivity contribution is 0.0345. The van der Waals surface area contributed by atoms with Gasteiger partial charge >= 0.3 is 0 Å². The van der Waals surface area contributed by atoms with E-state index in [0.29, 0.717) is 5.92 Å². The van der Waals surface area contributed by atoms with E-state index in [1.54, 1.807) is 0 Å². The maximum absolute atomic E-state index is 6.09. The van der Waals surface area contributed by atoms with Crippen molar-refractivity contribution in [3.05, 3.63) is 0 Å². The van der Waals surface area contributed by atoms with Crippen LogP contribution in [0.2, 0.25) is 0 Å². The lowest BCUT2D eigenvalue weighted by atomic mass is 10.2. The first-order chi connectivity index (χ1) is 5.15. The van der Waals surface area contributed by atoms with E-state index in [0.717, 1.165) is 19.4 Å². The number of hydrogen-bond acceptors (Lipinski definition) is 1. The monoisotopic (exact) mass is 194 g/mol. The van der Waals surface area contributed by atoms with Crippen LogP contribution in [0.5, 0.6) is 0 Å². The van der Waals surface area contributed by atoms with Gasteiger partial charge in [-0.2, -0.15) is 0 Å². The van der Waals surface area contributed by atoms with Crippen molar-refractivity contribution in [1.82, 2.24) is 0 Å². The fraction of sp³-hybridized carbons (Fsp3) is 1.00. The minimum Gasteiger partial charge on any atom is -0.372 e. The fourth-order valence-electron chi connectivity index (χ4n) is 2.36. The van der Waals surface area contributed by atoms with Gasteiger partial charge in [0.25, 0.3) is 0 Å². The zero-order valence-corrected chi connectivity index (χ0v) is 8.08. The lowest BCUT2D eigenvalue weighted by Crippen LogP contribution is -2.20. The standard InChI is InChI=1S/C8H12Cl2O/c1-2-11-7-5-3-4-6(7)8(7,9)10/h6H,2-5H2,1H3. The van der Waals surface area contributed by atoms with Crippen LogP contribution in [-0.2, 0) is 4.74 Å². The molecule has 64 valence electrons. The van der Waals surface area contributed by atoms with Gasteiger partial charge in [-0.05, 0) is 26.2 Å². The highest BCUT2D eigenvalue weighted by Gasteiger charge is 2.78. The van der Waals surface area contributed by atoms with Crippen LogP contribution in [-0.4, -0.2) is 16.5 Å². The summed E-state index contributed by atoms with van der Waals surface area (Å²) in [5, 5.41) is 0. The van der Waals surface area contributed by atoms with Crippen molar-refractivity contribution in [2.75, 3.05) is 6.61 Å². The van der Waals surface area contributed by atoms with E-state index in [4.69, 9.17) is 27.9 Å². The average Bonchev–Trinajstić information content (AvgIpc) is 2.29. The van der Waals surface area contributed by atoms with E-state index in [9.17, 15) is 0 Å². The van der Waals surface area contributed by atoms with Crippen LogP contribution in [0.25, 0.3) is 0 Å². The summed E-state index contributed by atoms with van der Waals surface area (Å²) in [6.45, 7) is 2.71. The van der Waals surface area contributed by atoms with Gasteiger partial charge in [-0.15, -0.1) is 0 Å². The average molecular weight is 195 g/mol. The summed E-state index contributed by atoms with van der Waals surface area (Å²) < 4.78 is 5.05. The van der Waals surface area contributed by atoms with Crippen molar-refractivity contribution in [2.45, 2.75) is 36.1 Å². The Labute approximate surface area is 77.0 Å². The molecule has 0 bridgehead atoms. The molecule has 11 heavy (non-hydrogen) atoms. The van der Waals surface area contributed by atoms with E-state index in [1.165, 1.54) is 6.42 Å². The van der Waals surface area contributed by atoms with Gasteiger partial charge < -0.3 is 4.74 Å². The summed E-state index contributed by atoms with van der Waals surface area (Å²) >= 11 is 12.2. The zero-order chi connectivity index (χ0) is 8.11. The molecule has 0 N–H and O–H groups in total. The summed E-state index contributed by atoms with van der Waals surface area (Å²) in [5.41, 5.74) is -0.162. The van der Waals surface area contributed by atoms with Gasteiger partial charge in [0.05, 0.1) is 0 Å². The highest BCUT2D eigenvalue weighted by molar-refractivity contribution is 6.52. The summed E-state index contributed by atoms with van der Waals surface area (Å²) in [7, 11) is 0. The van der Waals surface area contributed by atoms with E-state index in [1.807, 2.05) is 6.92 Å². The molecular formula is C8H12Cl2O. The van der Waals surface area contributed by atoms with Crippen molar-refractivity contribution in [3.8, 4) is 0 Å². The largest absolute Gasteiger partial charge is 0.372 e. The third-order valence-electron chi connectivity index (χ3n) is 2.92. The van der Waals surface area contributed by atoms with Gasteiger partial charge in [-0.1, -0.05) is 23.2 Å². The lowest BCUT2D eigenvalue weighted by Gasteiger charge is -2.15. The van der Waals surface area contributed by atoms with Crippen LogP contribution in [0.4, 0.5) is 0 Å². The minimum atomic E-state index is -0.568. The van der Waals surface area contributed by atoms with Gasteiger partial charge in [-0.25, -0.2) is 0 Å². The van der Waals surface area contributed by atoms with Crippen LogP contribution in [0.1, 0.15) is 26.2 Å². The second kappa shape index (κ2) is 2.27. The second-order valence-electron chi connectivity index (χ2n) is 3.39. The second-order valence-corrected chi connectivity index (χ2v) is 4.78. The number of alkyl halides is 2. The molecule has 3 heteroatoms. The maximum Gasteiger partial charge on any atom is 0.153 e. The van der Waals surface area contributed by atoms with E-state index in [2.05, 4.69) is 0 Å². The first-order valence-electron chi connectivity index (χ1n) is 4.17. The number of rotatable bonds is 2. The molecule has 0 aromatic carbocycles. The molecule has 2 saturated carbocycles. The maximum atomic E-state index is 6.09. The predicted molar refractivity (Wildman–Crippen MR) is 46.1 cm³/mol. The smallest absolute Gasteiger partial charge is 0.153 e. The summed E-state index contributed by atoms with van der Waals surface area (Å²) in [5.74, 6) is 0.401. The van der Waals surface area contributed by atoms with E-state index < -0.39 is 4.33 Å². The summed E-state index contributed by atoms with van der Waals surface area (Å²) in [6, 6.07) is 0. The molecular weight excluding hydrogens is 183 g/mol. The first-order valence-corrected chi connectivity index (χ1v) is 4.92. The van der Waals surface area contributed by atoms with Crippen molar-refractivity contribution in [2.24, 2.45) is 5.92 Å². The minimum absolute atomic E-state index is 0.162. The Morgan fingerprint density at radius 3 is 2.73 bits per heavy atom. The van der Waals surface area contributed by atoms with E-state index in [-0.39, 0.29) is 5.60 Å². The zero-order valence-electron chi connectivity index (χ0n) is 6.57. The van der Waals surface area contributed by atoms with Crippen LogP contribution >= 0.6 is 23.2 Å². The number of hydrogen-bond donors (Lipinski definition) is 0. The third kappa shape index (κ3) is 0.824. The van der Waals surface area contributed by atoms with Gasteiger partial charge in [0.15, 0.2) is 4.33 Å². The quantitative estimate of drug-likeness (QED) is 0.615. The molecule has 1 nitrogen and oxygen atoms in total. The Morgan fingerprint density at radius 1 is 1.55 bits per heavy atom. The number of ether oxygens (including phenoxy) is 1. The Hall–Kier alpha value is 0.540. The Bertz CT molecular complexity index is 181. The Kier molecular flexibility index (Phi) is 1.69. The predicted octanol–water partition coefficient (Wildman–Crippen LogP) is 2.75. The number of fused-ring (bicyclic) bond motifs is 1. The van der Waals surface area contributed by atoms with E-state index >= 15 is 0 Å². The van der Waals surface area contributed by atoms with Crippen LogP contribution in [0.15, 0.2) is 0 Å². The van der Waals surface area contributed by atoms with Gasteiger partial charge in [0.1, 0.15) is 5.60 Å². The molecule has 2 aliphatic rings. The summed E-state index contributed by atoms with van der Waals surface area (Å²) in [4.78, 5) is 0. The van der Waals surface area contributed by atoms with Crippen molar-refractivity contribution < 1.29 is 4.74 Å². The highest BCUT2D eigenvalue weighted by atomic mass is 35.5. The molecule has 0 heterocycles. The molecule has 0 aliphatic heterocycles. The molecule has 2 fully saturated rings. The number of halogens is 2. The molecule has 0 radical (unpaired) electrons. The topological polar surface area (TPSA) is 9.23 Å². The van der Waals surface area contributed by atoms with Gasteiger partial charge in [0.2, 0.25) is 0 Å². The van der Waals surface area contributed by atoms with Gasteiger partial charge in [0, 0.05) is 12.5 Å². The Morgan fingerprint density at radius 2 is 2.27 bits per heavy atom. The van der Waals surface area contributed by atoms with Crippen molar-refractivity contribution in [1.29, 1.82) is 0 Å². The first kappa shape index (κ1) is 8.15. The fourth-order valence-corrected chi connectivity index (χ4v) is 3.38. The molecule has 2 rings (SSSR count). The van der Waals surface area contributed by atoms with Crippen LogP contribution in [0.3, 0.4) is 0 Å². The van der Waals surface area contributed by atoms with Crippen LogP contribution in [0, 0.1) is 5.92 Å².